The first-order chi connectivity index (χ1) is 9.48. The van der Waals surface area contributed by atoms with Crippen molar-refractivity contribution in [2.45, 2.75) is 31.8 Å². The van der Waals surface area contributed by atoms with E-state index < -0.39 is 35.3 Å². The van der Waals surface area contributed by atoms with Crippen LogP contribution in [0.25, 0.3) is 0 Å². The number of benzene rings is 1. The van der Waals surface area contributed by atoms with E-state index in [1.54, 1.807) is 0 Å². The molecule has 1 atom stereocenters. The molecule has 116 valence electrons. The molecule has 7 heteroatoms. The van der Waals surface area contributed by atoms with E-state index in [-0.39, 0.29) is 10.6 Å². The lowest BCUT2D eigenvalue weighted by atomic mass is 9.83. The van der Waals surface area contributed by atoms with Crippen molar-refractivity contribution in [3.63, 3.8) is 0 Å². The molecular weight excluding hydrogens is 301 g/mol. The first-order valence-corrected chi connectivity index (χ1v) is 6.56. The molecule has 1 rings (SSSR count). The van der Waals surface area contributed by atoms with E-state index in [2.05, 4.69) is 5.32 Å². The highest BCUT2D eigenvalue weighted by atomic mass is 35.5. The van der Waals surface area contributed by atoms with Gasteiger partial charge in [0.25, 0.3) is 0 Å². The van der Waals surface area contributed by atoms with Gasteiger partial charge in [0, 0.05) is 10.6 Å². The molecule has 0 aromatic heterocycles. The molecule has 0 bridgehead atoms. The highest BCUT2D eigenvalue weighted by molar-refractivity contribution is 6.30. The summed E-state index contributed by atoms with van der Waals surface area (Å²) in [6, 6.07) is 3.95. The number of aliphatic carboxylic acids is 1. The van der Waals surface area contributed by atoms with Crippen LogP contribution < -0.4 is 5.32 Å². The molecule has 0 spiro atoms. The third-order valence-electron chi connectivity index (χ3n) is 3.23. The Morgan fingerprint density at radius 3 is 2.38 bits per heavy atom. The third-order valence-corrected chi connectivity index (χ3v) is 3.46. The van der Waals surface area contributed by atoms with Gasteiger partial charge in [-0.3, -0.25) is 4.79 Å². The van der Waals surface area contributed by atoms with Crippen molar-refractivity contribution in [2.24, 2.45) is 0 Å². The Kier molecular flexibility index (Phi) is 4.96. The molecule has 0 saturated heterocycles. The van der Waals surface area contributed by atoms with E-state index in [9.17, 15) is 19.1 Å². The van der Waals surface area contributed by atoms with E-state index >= 15 is 0 Å². The zero-order valence-electron chi connectivity index (χ0n) is 11.9. The van der Waals surface area contributed by atoms with Crippen LogP contribution >= 0.6 is 11.6 Å². The summed E-state index contributed by atoms with van der Waals surface area (Å²) in [6.45, 7) is 3.56. The number of carbonyl (C=O) groups is 2. The predicted octanol–water partition coefficient (Wildman–Crippen LogP) is 1.71. The maximum Gasteiger partial charge on any atom is 0.337 e. The lowest BCUT2D eigenvalue weighted by Crippen LogP contribution is -2.50. The molecule has 0 aliphatic rings. The lowest BCUT2D eigenvalue weighted by molar-refractivity contribution is -0.156. The summed E-state index contributed by atoms with van der Waals surface area (Å²) in [5.74, 6) is -2.70. The number of hydrogen-bond acceptors (Lipinski definition) is 3. The quantitative estimate of drug-likeness (QED) is 0.771. The predicted molar refractivity (Wildman–Crippen MR) is 75.7 cm³/mol. The van der Waals surface area contributed by atoms with Crippen LogP contribution in [0.4, 0.5) is 4.39 Å². The zero-order chi connectivity index (χ0) is 16.4. The third kappa shape index (κ3) is 3.92. The van der Waals surface area contributed by atoms with Crippen LogP contribution in [-0.4, -0.2) is 34.2 Å². The molecule has 1 amide bonds. The number of halogens is 2. The number of rotatable bonds is 5. The molecule has 0 fully saturated rings. The van der Waals surface area contributed by atoms with E-state index in [4.69, 9.17) is 16.7 Å². The van der Waals surface area contributed by atoms with Gasteiger partial charge in [0.2, 0.25) is 5.91 Å². The summed E-state index contributed by atoms with van der Waals surface area (Å²) in [5, 5.41) is 20.9. The van der Waals surface area contributed by atoms with E-state index in [1.165, 1.54) is 26.0 Å². The second-order valence-electron chi connectivity index (χ2n) is 5.51. The Morgan fingerprint density at radius 2 is 1.90 bits per heavy atom. The van der Waals surface area contributed by atoms with Crippen molar-refractivity contribution in [1.29, 1.82) is 0 Å². The normalized spacial score (nSPS) is 14.4. The number of carboxylic acids is 1. The molecule has 3 N–H and O–H groups in total. The van der Waals surface area contributed by atoms with E-state index in [1.807, 2.05) is 0 Å². The molecule has 21 heavy (non-hydrogen) atoms. The van der Waals surface area contributed by atoms with E-state index in [0.717, 1.165) is 13.0 Å². The molecular formula is C14H17ClFNO4. The summed E-state index contributed by atoms with van der Waals surface area (Å²) in [7, 11) is 0. The minimum Gasteiger partial charge on any atom is -0.479 e. The van der Waals surface area contributed by atoms with Crippen molar-refractivity contribution in [3.8, 4) is 0 Å². The molecule has 0 heterocycles. The Balaban J connectivity index is 2.92. The van der Waals surface area contributed by atoms with Gasteiger partial charge in [-0.1, -0.05) is 17.7 Å². The minimum atomic E-state index is -2.09. The lowest BCUT2D eigenvalue weighted by Gasteiger charge is -2.27. The Bertz CT molecular complexity index is 572. The monoisotopic (exact) mass is 317 g/mol. The molecule has 1 aromatic carbocycles. The summed E-state index contributed by atoms with van der Waals surface area (Å²) < 4.78 is 13.9. The summed E-state index contributed by atoms with van der Waals surface area (Å²) in [4.78, 5) is 22.9. The molecule has 1 aromatic rings. The first-order valence-electron chi connectivity index (χ1n) is 6.18. The average molecular weight is 318 g/mol. The smallest absolute Gasteiger partial charge is 0.337 e. The molecule has 0 aliphatic carbocycles. The van der Waals surface area contributed by atoms with Crippen LogP contribution in [0.15, 0.2) is 18.2 Å². The van der Waals surface area contributed by atoms with Crippen molar-refractivity contribution in [1.82, 2.24) is 5.32 Å². The number of hydrogen-bond donors (Lipinski definition) is 3. The standard InChI is InChI=1S/C14H17ClFNO4/c1-13(2,9-5-4-8(15)6-10(9)16)11(18)17-7-14(3,21)12(19)20/h4-6,21H,7H2,1-3H3,(H,17,18)(H,19,20). The number of amides is 1. The van der Waals surface area contributed by atoms with Crippen LogP contribution in [0, 0.1) is 5.82 Å². The number of carboxylic acid groups (broad SMARTS) is 1. The van der Waals surface area contributed by atoms with Gasteiger partial charge in [-0.05, 0) is 32.9 Å². The zero-order valence-corrected chi connectivity index (χ0v) is 12.7. The molecule has 0 radical (unpaired) electrons. The van der Waals surface area contributed by atoms with Gasteiger partial charge in [-0.2, -0.15) is 0 Å². The van der Waals surface area contributed by atoms with Crippen LogP contribution in [0.2, 0.25) is 5.02 Å². The second-order valence-corrected chi connectivity index (χ2v) is 5.95. The van der Waals surface area contributed by atoms with Crippen LogP contribution in [0.1, 0.15) is 26.3 Å². The van der Waals surface area contributed by atoms with Gasteiger partial charge in [0.05, 0.1) is 12.0 Å². The fourth-order valence-corrected chi connectivity index (χ4v) is 1.83. The minimum absolute atomic E-state index is 0.124. The molecule has 1 unspecified atom stereocenters. The Labute approximate surface area is 126 Å². The highest BCUT2D eigenvalue weighted by Gasteiger charge is 2.36. The SMILES string of the molecule is CC(O)(CNC(=O)C(C)(C)c1ccc(Cl)cc1F)C(=O)O. The Morgan fingerprint density at radius 1 is 1.33 bits per heavy atom. The van der Waals surface area contributed by atoms with Crippen molar-refractivity contribution < 1.29 is 24.2 Å². The van der Waals surface area contributed by atoms with Gasteiger partial charge in [-0.25, -0.2) is 9.18 Å². The van der Waals surface area contributed by atoms with Crippen LogP contribution in [0.5, 0.6) is 0 Å². The maximum atomic E-state index is 13.9. The van der Waals surface area contributed by atoms with Gasteiger partial charge in [0.15, 0.2) is 5.60 Å². The molecule has 5 nitrogen and oxygen atoms in total. The molecule has 0 aliphatic heterocycles. The number of nitrogens with one attached hydrogen (secondary N) is 1. The summed E-state index contributed by atoms with van der Waals surface area (Å²) in [5.41, 5.74) is -3.22. The van der Waals surface area contributed by atoms with Crippen LogP contribution in [-0.2, 0) is 15.0 Å². The van der Waals surface area contributed by atoms with Gasteiger partial charge in [-0.15, -0.1) is 0 Å². The highest BCUT2D eigenvalue weighted by Crippen LogP contribution is 2.28. The summed E-state index contributed by atoms with van der Waals surface area (Å²) in [6.07, 6.45) is 0. The topological polar surface area (TPSA) is 86.6 Å². The van der Waals surface area contributed by atoms with Gasteiger partial charge < -0.3 is 15.5 Å². The fraction of sp³-hybridized carbons (Fsp3) is 0.429. The number of carbonyl (C=O) groups excluding carboxylic acids is 1. The van der Waals surface area contributed by atoms with Crippen molar-refractivity contribution in [2.75, 3.05) is 6.54 Å². The molecule has 0 saturated carbocycles. The summed E-state index contributed by atoms with van der Waals surface area (Å²) >= 11 is 5.66. The van der Waals surface area contributed by atoms with Crippen molar-refractivity contribution in [3.05, 3.63) is 34.6 Å². The maximum absolute atomic E-state index is 13.9. The second kappa shape index (κ2) is 5.99. The first kappa shape index (κ1) is 17.4. The fourth-order valence-electron chi connectivity index (χ4n) is 1.67. The number of aliphatic hydroxyl groups is 1. The van der Waals surface area contributed by atoms with Crippen molar-refractivity contribution >= 4 is 23.5 Å². The van der Waals surface area contributed by atoms with Crippen LogP contribution in [0.3, 0.4) is 0 Å². The largest absolute Gasteiger partial charge is 0.479 e. The Hall–Kier alpha value is -1.66. The van der Waals surface area contributed by atoms with E-state index in [0.29, 0.717) is 0 Å². The van der Waals surface area contributed by atoms with Gasteiger partial charge >= 0.3 is 5.97 Å². The average Bonchev–Trinajstić information content (AvgIpc) is 2.35. The van der Waals surface area contributed by atoms with Gasteiger partial charge in [0.1, 0.15) is 5.82 Å².